The van der Waals surface area contributed by atoms with Gasteiger partial charge in [-0.1, -0.05) is 30.3 Å². The number of nitrogens with zero attached hydrogens (tertiary/aromatic N) is 1. The first-order valence-electron chi connectivity index (χ1n) is 5.13. The molecule has 2 aromatic carbocycles. The molecular weight excluding hydrogens is 237 g/mol. The summed E-state index contributed by atoms with van der Waals surface area (Å²) in [4.78, 5) is 21.9. The quantitative estimate of drug-likeness (QED) is 0.474. The molecule has 90 valence electrons. The average molecular weight is 245 g/mol. The lowest BCUT2D eigenvalue weighted by Crippen LogP contribution is -2.05. The number of hydrogen-bond donors (Lipinski definition) is 0. The van der Waals surface area contributed by atoms with Crippen LogP contribution in [0.25, 0.3) is 0 Å². The molecule has 0 N–H and O–H groups in total. The number of ketones is 1. The normalized spacial score (nSPS) is 10.1. The number of halogens is 1. The predicted molar refractivity (Wildman–Crippen MR) is 62.9 cm³/mol. The second kappa shape index (κ2) is 4.75. The van der Waals surface area contributed by atoms with Crippen LogP contribution in [0.4, 0.5) is 10.1 Å². The molecule has 0 saturated heterocycles. The summed E-state index contributed by atoms with van der Waals surface area (Å²) in [5.74, 6) is -1.34. The van der Waals surface area contributed by atoms with Gasteiger partial charge < -0.3 is 0 Å². The zero-order valence-corrected chi connectivity index (χ0v) is 9.17. The number of non-ortho nitro benzene ring substituents is 1. The predicted octanol–water partition coefficient (Wildman–Crippen LogP) is 2.96. The molecule has 4 nitrogen and oxygen atoms in total. The highest BCUT2D eigenvalue weighted by molar-refractivity contribution is 6.09. The topological polar surface area (TPSA) is 60.2 Å². The summed E-state index contributed by atoms with van der Waals surface area (Å²) in [6, 6.07) is 11.0. The van der Waals surface area contributed by atoms with E-state index in [1.165, 1.54) is 12.1 Å². The number of benzene rings is 2. The molecule has 0 bridgehead atoms. The summed E-state index contributed by atoms with van der Waals surface area (Å²) in [6.45, 7) is 0. The lowest BCUT2D eigenvalue weighted by Gasteiger charge is -2.02. The lowest BCUT2D eigenvalue weighted by molar-refractivity contribution is -0.384. The Balaban J connectivity index is 2.48. The van der Waals surface area contributed by atoms with Gasteiger partial charge in [0.15, 0.2) is 5.78 Å². The third-order valence-corrected chi connectivity index (χ3v) is 2.44. The first-order valence-corrected chi connectivity index (χ1v) is 5.13. The Labute approximate surface area is 102 Å². The number of nitro groups is 1. The Hall–Kier alpha value is -2.56. The van der Waals surface area contributed by atoms with Crippen LogP contribution in [0.1, 0.15) is 15.9 Å². The summed E-state index contributed by atoms with van der Waals surface area (Å²) >= 11 is 0. The molecule has 0 unspecified atom stereocenters. The molecule has 0 atom stereocenters. The summed E-state index contributed by atoms with van der Waals surface area (Å²) in [5.41, 5.74) is -0.317. The fourth-order valence-electron chi connectivity index (χ4n) is 1.55. The van der Waals surface area contributed by atoms with Gasteiger partial charge in [-0.3, -0.25) is 14.9 Å². The van der Waals surface area contributed by atoms with E-state index in [9.17, 15) is 19.3 Å². The van der Waals surface area contributed by atoms with E-state index in [-0.39, 0.29) is 16.8 Å². The molecule has 0 amide bonds. The Kier molecular flexibility index (Phi) is 3.14. The molecule has 0 heterocycles. The summed E-state index contributed by atoms with van der Waals surface area (Å²) in [7, 11) is 0. The molecule has 0 radical (unpaired) electrons. The molecule has 0 spiro atoms. The van der Waals surface area contributed by atoms with Crippen LogP contribution in [-0.4, -0.2) is 10.7 Å². The van der Waals surface area contributed by atoms with E-state index < -0.39 is 16.5 Å². The van der Waals surface area contributed by atoms with Crippen molar-refractivity contribution in [1.82, 2.24) is 0 Å². The molecule has 0 fully saturated rings. The molecule has 0 aliphatic carbocycles. The van der Waals surface area contributed by atoms with E-state index >= 15 is 0 Å². The smallest absolute Gasteiger partial charge is 0.270 e. The summed E-state index contributed by atoms with van der Waals surface area (Å²) in [5, 5.41) is 10.6. The first kappa shape index (κ1) is 11.9. The van der Waals surface area contributed by atoms with Gasteiger partial charge in [-0.15, -0.1) is 0 Å². The minimum absolute atomic E-state index is 0.289. The van der Waals surface area contributed by atoms with Gasteiger partial charge in [0.2, 0.25) is 0 Å². The van der Waals surface area contributed by atoms with Gasteiger partial charge in [0.1, 0.15) is 5.82 Å². The van der Waals surface area contributed by atoms with Gasteiger partial charge in [0, 0.05) is 17.7 Å². The Morgan fingerprint density at radius 1 is 1.11 bits per heavy atom. The zero-order valence-electron chi connectivity index (χ0n) is 9.17. The standard InChI is InChI=1S/C13H8FNO3/c14-12-7-6-10(15(17)18)8-11(12)13(16)9-4-2-1-3-5-9/h1-8H. The van der Waals surface area contributed by atoms with Crippen molar-refractivity contribution in [2.75, 3.05) is 0 Å². The molecular formula is C13H8FNO3. The van der Waals surface area contributed by atoms with Crippen molar-refractivity contribution in [3.63, 3.8) is 0 Å². The number of nitro benzene ring substituents is 1. The minimum atomic E-state index is -0.769. The SMILES string of the molecule is O=C(c1ccccc1)c1cc([N+](=O)[O-])ccc1F. The molecule has 0 aromatic heterocycles. The van der Waals surface area contributed by atoms with E-state index in [1.807, 2.05) is 0 Å². The van der Waals surface area contributed by atoms with Gasteiger partial charge >= 0.3 is 0 Å². The van der Waals surface area contributed by atoms with Crippen molar-refractivity contribution in [3.8, 4) is 0 Å². The third kappa shape index (κ3) is 2.24. The fraction of sp³-hybridized carbons (Fsp3) is 0. The molecule has 5 heteroatoms. The van der Waals surface area contributed by atoms with Crippen molar-refractivity contribution in [2.24, 2.45) is 0 Å². The van der Waals surface area contributed by atoms with Crippen LogP contribution < -0.4 is 0 Å². The Morgan fingerprint density at radius 3 is 2.39 bits per heavy atom. The Bertz CT molecular complexity index is 611. The summed E-state index contributed by atoms with van der Waals surface area (Å²) < 4.78 is 13.5. The van der Waals surface area contributed by atoms with Gasteiger partial charge in [0.05, 0.1) is 10.5 Å². The van der Waals surface area contributed by atoms with Crippen LogP contribution in [0.5, 0.6) is 0 Å². The average Bonchev–Trinajstić information content (AvgIpc) is 2.39. The fourth-order valence-corrected chi connectivity index (χ4v) is 1.55. The maximum Gasteiger partial charge on any atom is 0.270 e. The van der Waals surface area contributed by atoms with Crippen LogP contribution in [0, 0.1) is 15.9 Å². The van der Waals surface area contributed by atoms with Crippen LogP contribution in [0.3, 0.4) is 0 Å². The van der Waals surface area contributed by atoms with Crippen LogP contribution in [0.2, 0.25) is 0 Å². The highest BCUT2D eigenvalue weighted by Gasteiger charge is 2.17. The van der Waals surface area contributed by atoms with E-state index in [1.54, 1.807) is 18.2 Å². The van der Waals surface area contributed by atoms with E-state index in [4.69, 9.17) is 0 Å². The highest BCUT2D eigenvalue weighted by atomic mass is 19.1. The van der Waals surface area contributed by atoms with Gasteiger partial charge in [-0.2, -0.15) is 0 Å². The van der Waals surface area contributed by atoms with Crippen molar-refractivity contribution in [3.05, 3.63) is 75.6 Å². The summed E-state index contributed by atoms with van der Waals surface area (Å²) in [6.07, 6.45) is 0. The maximum atomic E-state index is 13.5. The molecule has 0 aliphatic rings. The largest absolute Gasteiger partial charge is 0.288 e. The lowest BCUT2D eigenvalue weighted by atomic mass is 10.0. The molecule has 2 rings (SSSR count). The number of carbonyl (C=O) groups is 1. The first-order chi connectivity index (χ1) is 8.59. The highest BCUT2D eigenvalue weighted by Crippen LogP contribution is 2.19. The van der Waals surface area contributed by atoms with Crippen molar-refractivity contribution < 1.29 is 14.1 Å². The van der Waals surface area contributed by atoms with Gasteiger partial charge in [0.25, 0.3) is 5.69 Å². The van der Waals surface area contributed by atoms with Crippen LogP contribution >= 0.6 is 0 Å². The molecule has 18 heavy (non-hydrogen) atoms. The van der Waals surface area contributed by atoms with E-state index in [2.05, 4.69) is 0 Å². The number of rotatable bonds is 3. The number of carbonyl (C=O) groups excluding carboxylic acids is 1. The van der Waals surface area contributed by atoms with Crippen molar-refractivity contribution in [2.45, 2.75) is 0 Å². The Morgan fingerprint density at radius 2 is 1.78 bits per heavy atom. The monoisotopic (exact) mass is 245 g/mol. The van der Waals surface area contributed by atoms with Crippen LogP contribution in [0.15, 0.2) is 48.5 Å². The molecule has 2 aromatic rings. The molecule has 0 saturated carbocycles. The van der Waals surface area contributed by atoms with E-state index in [0.717, 1.165) is 18.2 Å². The third-order valence-electron chi connectivity index (χ3n) is 2.44. The van der Waals surface area contributed by atoms with E-state index in [0.29, 0.717) is 0 Å². The van der Waals surface area contributed by atoms with Crippen molar-refractivity contribution >= 4 is 11.5 Å². The minimum Gasteiger partial charge on any atom is -0.288 e. The van der Waals surface area contributed by atoms with Crippen LogP contribution in [-0.2, 0) is 0 Å². The second-order valence-electron chi connectivity index (χ2n) is 3.62. The van der Waals surface area contributed by atoms with Gasteiger partial charge in [-0.25, -0.2) is 4.39 Å². The number of hydrogen-bond acceptors (Lipinski definition) is 3. The maximum absolute atomic E-state index is 13.5. The van der Waals surface area contributed by atoms with Crippen molar-refractivity contribution in [1.29, 1.82) is 0 Å². The second-order valence-corrected chi connectivity index (χ2v) is 3.62. The zero-order chi connectivity index (χ0) is 13.1. The molecule has 0 aliphatic heterocycles. The van der Waals surface area contributed by atoms with Gasteiger partial charge in [-0.05, 0) is 6.07 Å².